The van der Waals surface area contributed by atoms with Crippen LogP contribution in [0.4, 0.5) is 39.9 Å². The first-order chi connectivity index (χ1) is 21.4. The minimum Gasteiger partial charge on any atom is -0.488 e. The number of carbonyl (C=O) groups is 2. The van der Waals surface area contributed by atoms with Gasteiger partial charge in [-0.2, -0.15) is 17.6 Å². The molecule has 1 aliphatic rings. The molecule has 0 aromatic heterocycles. The van der Waals surface area contributed by atoms with Gasteiger partial charge >= 0.3 is 18.6 Å². The minimum atomic E-state index is -5.06. The van der Waals surface area contributed by atoms with Crippen molar-refractivity contribution in [2.45, 2.75) is 62.8 Å². The van der Waals surface area contributed by atoms with Crippen LogP contribution in [0.3, 0.4) is 0 Å². The summed E-state index contributed by atoms with van der Waals surface area (Å²) in [4.78, 5) is 26.4. The number of halogens is 8. The number of nitrogens with one attached hydrogen (secondary N) is 1. The number of nitrogens with zero attached hydrogens (tertiary/aromatic N) is 1. The molecule has 3 amide bonds. The number of hydrogen-bond donors (Lipinski definition) is 2. The van der Waals surface area contributed by atoms with E-state index in [1.54, 1.807) is 44.2 Å². The standard InChI is InChI=1S/C31H29F8N3O4/c1-17(2)45-25-12-19(8-9-23(25)33)30(14-18-6-4-3-5-7-18,41-28(44)42-16-29(36,37)15-24(42)26(40)43)20-10-21(32)13-22(11-20)46-31(38,39)27(34)35/h3-13,17,24,27H,14-16H2,1-2H3,(H2,40,43)(H,41,44)/t24-,30-/m1/s1. The largest absolute Gasteiger partial charge is 0.488 e. The molecule has 3 aromatic rings. The molecule has 1 aliphatic heterocycles. The average Bonchev–Trinajstić information content (AvgIpc) is 3.29. The zero-order chi connectivity index (χ0) is 34.0. The Balaban J connectivity index is 1.99. The van der Waals surface area contributed by atoms with Gasteiger partial charge in [-0.3, -0.25) is 4.79 Å². The van der Waals surface area contributed by atoms with Crippen LogP contribution in [0, 0.1) is 11.6 Å². The van der Waals surface area contributed by atoms with Crippen molar-refractivity contribution in [3.05, 3.63) is 95.1 Å². The summed E-state index contributed by atoms with van der Waals surface area (Å²) in [5.41, 5.74) is 3.10. The van der Waals surface area contributed by atoms with Crippen molar-refractivity contribution in [2.24, 2.45) is 5.73 Å². The molecule has 2 atom stereocenters. The van der Waals surface area contributed by atoms with E-state index >= 15 is 4.39 Å². The Hall–Kier alpha value is -4.56. The van der Waals surface area contributed by atoms with E-state index in [2.05, 4.69) is 10.1 Å². The average molecular weight is 660 g/mol. The summed E-state index contributed by atoms with van der Waals surface area (Å²) in [6, 6.07) is 10.0. The molecule has 0 bridgehead atoms. The molecule has 3 N–H and O–H groups in total. The Morgan fingerprint density at radius 3 is 2.30 bits per heavy atom. The summed E-state index contributed by atoms with van der Waals surface area (Å²) in [6.45, 7) is 1.93. The molecule has 0 radical (unpaired) electrons. The van der Waals surface area contributed by atoms with Gasteiger partial charge in [-0.25, -0.2) is 22.4 Å². The maximum Gasteiger partial charge on any atom is 0.461 e. The number of hydrogen-bond acceptors (Lipinski definition) is 4. The van der Waals surface area contributed by atoms with Crippen molar-refractivity contribution < 1.29 is 54.2 Å². The highest BCUT2D eigenvalue weighted by Gasteiger charge is 2.51. The quantitative estimate of drug-likeness (QED) is 0.234. The second kappa shape index (κ2) is 13.0. The first kappa shape index (κ1) is 34.3. The Labute approximate surface area is 258 Å². The minimum absolute atomic E-state index is 0.0690. The third kappa shape index (κ3) is 7.62. The van der Waals surface area contributed by atoms with Gasteiger partial charge in [0.05, 0.1) is 18.2 Å². The number of benzene rings is 3. The van der Waals surface area contributed by atoms with Crippen molar-refractivity contribution in [2.75, 3.05) is 6.54 Å². The lowest BCUT2D eigenvalue weighted by atomic mass is 9.77. The Kier molecular flexibility index (Phi) is 9.73. The first-order valence-corrected chi connectivity index (χ1v) is 13.8. The number of ether oxygens (including phenoxy) is 2. The van der Waals surface area contributed by atoms with E-state index in [-0.39, 0.29) is 17.7 Å². The second-order valence-electron chi connectivity index (χ2n) is 11.1. The monoisotopic (exact) mass is 659 g/mol. The number of nitrogens with two attached hydrogens (primary N) is 1. The lowest BCUT2D eigenvalue weighted by Gasteiger charge is -2.39. The summed E-state index contributed by atoms with van der Waals surface area (Å²) in [7, 11) is 0. The highest BCUT2D eigenvalue weighted by Crippen LogP contribution is 2.40. The molecular weight excluding hydrogens is 630 g/mol. The third-order valence-corrected chi connectivity index (χ3v) is 7.15. The summed E-state index contributed by atoms with van der Waals surface area (Å²) in [5.74, 6) is -8.31. The van der Waals surface area contributed by atoms with Crippen LogP contribution in [0.25, 0.3) is 0 Å². The van der Waals surface area contributed by atoms with E-state index in [1.807, 2.05) is 0 Å². The van der Waals surface area contributed by atoms with Crippen LogP contribution < -0.4 is 20.5 Å². The van der Waals surface area contributed by atoms with Gasteiger partial charge in [-0.15, -0.1) is 0 Å². The molecule has 0 spiro atoms. The molecular formula is C31H29F8N3O4. The summed E-state index contributed by atoms with van der Waals surface area (Å²) < 4.78 is 123. The number of carbonyl (C=O) groups excluding carboxylic acids is 2. The van der Waals surface area contributed by atoms with Gasteiger partial charge in [0.1, 0.15) is 17.6 Å². The predicted octanol–water partition coefficient (Wildman–Crippen LogP) is 6.38. The zero-order valence-electron chi connectivity index (χ0n) is 24.4. The van der Waals surface area contributed by atoms with Gasteiger partial charge < -0.3 is 25.4 Å². The molecule has 248 valence electrons. The fourth-order valence-corrected chi connectivity index (χ4v) is 5.18. The van der Waals surface area contributed by atoms with E-state index in [4.69, 9.17) is 10.5 Å². The normalized spacial score (nSPS) is 17.6. The van der Waals surface area contributed by atoms with Crippen molar-refractivity contribution in [1.82, 2.24) is 10.2 Å². The highest BCUT2D eigenvalue weighted by molar-refractivity contribution is 5.87. The topological polar surface area (TPSA) is 93.9 Å². The van der Waals surface area contributed by atoms with E-state index in [0.717, 1.165) is 30.3 Å². The van der Waals surface area contributed by atoms with Gasteiger partial charge in [0, 0.05) is 18.9 Å². The molecule has 0 unspecified atom stereocenters. The molecule has 1 fully saturated rings. The van der Waals surface area contributed by atoms with E-state index < -0.39 is 84.0 Å². The number of likely N-dealkylation sites (tertiary alicyclic amines) is 1. The van der Waals surface area contributed by atoms with Gasteiger partial charge in [-0.1, -0.05) is 36.4 Å². The second-order valence-corrected chi connectivity index (χ2v) is 11.1. The van der Waals surface area contributed by atoms with Crippen molar-refractivity contribution in [3.8, 4) is 11.5 Å². The lowest BCUT2D eigenvalue weighted by Crippen LogP contribution is -2.56. The Bertz CT molecular complexity index is 1570. The van der Waals surface area contributed by atoms with E-state index in [1.165, 1.54) is 0 Å². The number of urea groups is 1. The first-order valence-electron chi connectivity index (χ1n) is 13.8. The van der Waals surface area contributed by atoms with E-state index in [9.17, 15) is 40.3 Å². The molecule has 15 heteroatoms. The van der Waals surface area contributed by atoms with Crippen LogP contribution in [0.15, 0.2) is 66.7 Å². The zero-order valence-corrected chi connectivity index (χ0v) is 24.4. The van der Waals surface area contributed by atoms with Gasteiger partial charge in [0.2, 0.25) is 5.91 Å². The Morgan fingerprint density at radius 1 is 1.02 bits per heavy atom. The maximum absolute atomic E-state index is 15.1. The fourth-order valence-electron chi connectivity index (χ4n) is 5.18. The molecule has 7 nitrogen and oxygen atoms in total. The smallest absolute Gasteiger partial charge is 0.461 e. The van der Waals surface area contributed by atoms with Crippen molar-refractivity contribution >= 4 is 11.9 Å². The lowest BCUT2D eigenvalue weighted by molar-refractivity contribution is -0.253. The van der Waals surface area contributed by atoms with Crippen LogP contribution in [-0.2, 0) is 16.8 Å². The summed E-state index contributed by atoms with van der Waals surface area (Å²) >= 11 is 0. The molecule has 4 rings (SSSR count). The Morgan fingerprint density at radius 2 is 1.70 bits per heavy atom. The van der Waals surface area contributed by atoms with Crippen molar-refractivity contribution in [3.63, 3.8) is 0 Å². The van der Waals surface area contributed by atoms with Gasteiger partial charge in [0.25, 0.3) is 5.92 Å². The predicted molar refractivity (Wildman–Crippen MR) is 149 cm³/mol. The SMILES string of the molecule is CC(C)Oc1cc([C@@](Cc2ccccc2)(NC(=O)N2CC(F)(F)C[C@@H]2C(N)=O)c2cc(F)cc(OC(F)(F)C(F)F)c2)ccc1F. The highest BCUT2D eigenvalue weighted by atomic mass is 19.3. The number of alkyl halides is 6. The maximum atomic E-state index is 15.1. The van der Waals surface area contributed by atoms with E-state index in [0.29, 0.717) is 16.5 Å². The van der Waals surface area contributed by atoms with Crippen LogP contribution >= 0.6 is 0 Å². The fraction of sp³-hybridized carbons (Fsp3) is 0.355. The number of rotatable bonds is 11. The molecule has 1 saturated heterocycles. The van der Waals surface area contributed by atoms with Crippen LogP contribution in [-0.4, -0.2) is 54.0 Å². The van der Waals surface area contributed by atoms with Gasteiger partial charge in [0.15, 0.2) is 11.6 Å². The molecule has 46 heavy (non-hydrogen) atoms. The molecule has 1 heterocycles. The van der Waals surface area contributed by atoms with Crippen molar-refractivity contribution in [1.29, 1.82) is 0 Å². The van der Waals surface area contributed by atoms with Crippen LogP contribution in [0.1, 0.15) is 37.0 Å². The molecule has 3 aromatic carbocycles. The molecule has 0 saturated carbocycles. The van der Waals surface area contributed by atoms with Gasteiger partial charge in [-0.05, 0) is 54.8 Å². The molecule has 0 aliphatic carbocycles. The number of primary amides is 1. The van der Waals surface area contributed by atoms with Crippen LogP contribution in [0.2, 0.25) is 0 Å². The third-order valence-electron chi connectivity index (χ3n) is 7.15. The number of amides is 3. The summed E-state index contributed by atoms with van der Waals surface area (Å²) in [6.07, 6.45) is -11.4. The summed E-state index contributed by atoms with van der Waals surface area (Å²) in [5, 5.41) is 2.53. The van der Waals surface area contributed by atoms with Crippen LogP contribution in [0.5, 0.6) is 11.5 Å².